The third-order valence-corrected chi connectivity index (χ3v) is 3.41. The van der Waals surface area contributed by atoms with E-state index in [1.165, 1.54) is 0 Å². The van der Waals surface area contributed by atoms with Crippen LogP contribution in [0.25, 0.3) is 23.1 Å². The van der Waals surface area contributed by atoms with Crippen molar-refractivity contribution in [1.82, 2.24) is 10.1 Å². The van der Waals surface area contributed by atoms with Gasteiger partial charge in [0, 0.05) is 0 Å². The number of para-hydroxylation sites is 1. The van der Waals surface area contributed by atoms with Crippen LogP contribution in [0.2, 0.25) is 0 Å². The first kappa shape index (κ1) is 14.8. The maximum Gasteiger partial charge on any atom is 0.261 e. The van der Waals surface area contributed by atoms with Gasteiger partial charge in [-0.25, -0.2) is 0 Å². The fourth-order valence-electron chi connectivity index (χ4n) is 2.16. The number of nitrogens with zero attached hydrogens (tertiary/aromatic N) is 2. The van der Waals surface area contributed by atoms with Gasteiger partial charge in [-0.2, -0.15) is 4.98 Å². The number of phenols is 1. The second-order valence-corrected chi connectivity index (χ2v) is 5.04. The Morgan fingerprint density at radius 3 is 2.57 bits per heavy atom. The molecule has 1 aromatic heterocycles. The lowest BCUT2D eigenvalue weighted by atomic mass is 10.1. The minimum atomic E-state index is 0.111. The first-order chi connectivity index (χ1) is 11.2. The summed E-state index contributed by atoms with van der Waals surface area (Å²) in [5, 5.41) is 13.8. The molecule has 0 aliphatic heterocycles. The van der Waals surface area contributed by atoms with E-state index in [9.17, 15) is 5.11 Å². The van der Waals surface area contributed by atoms with Gasteiger partial charge in [-0.1, -0.05) is 29.4 Å². The molecule has 0 radical (unpaired) electrons. The van der Waals surface area contributed by atoms with E-state index >= 15 is 0 Å². The zero-order valence-corrected chi connectivity index (χ0v) is 12.9. The number of benzene rings is 2. The van der Waals surface area contributed by atoms with Crippen LogP contribution in [0.1, 0.15) is 18.3 Å². The molecule has 0 bridgehead atoms. The van der Waals surface area contributed by atoms with Crippen molar-refractivity contribution in [3.05, 3.63) is 59.9 Å². The third kappa shape index (κ3) is 3.23. The number of ether oxygens (including phenoxy) is 1. The standard InChI is InChI=1S/C18H16N2O3/c1-12(11-13-7-9-14(22-2)10-8-13)17-19-18(23-20-17)15-5-3-4-6-16(15)21/h3-11,21H,1-2H3/b12-11+. The zero-order valence-electron chi connectivity index (χ0n) is 12.9. The number of methoxy groups -OCH3 is 1. The summed E-state index contributed by atoms with van der Waals surface area (Å²) < 4.78 is 10.4. The maximum atomic E-state index is 9.84. The van der Waals surface area contributed by atoms with Crippen LogP contribution in [-0.2, 0) is 0 Å². The molecule has 0 unspecified atom stereocenters. The van der Waals surface area contributed by atoms with Crippen molar-refractivity contribution < 1.29 is 14.4 Å². The van der Waals surface area contributed by atoms with Gasteiger partial charge in [0.25, 0.3) is 5.89 Å². The van der Waals surface area contributed by atoms with Crippen LogP contribution in [0, 0.1) is 0 Å². The van der Waals surface area contributed by atoms with Crippen molar-refractivity contribution in [2.75, 3.05) is 7.11 Å². The number of allylic oxidation sites excluding steroid dienone is 1. The maximum absolute atomic E-state index is 9.84. The quantitative estimate of drug-likeness (QED) is 0.788. The van der Waals surface area contributed by atoms with Crippen LogP contribution in [0.15, 0.2) is 53.1 Å². The Morgan fingerprint density at radius 2 is 1.87 bits per heavy atom. The molecule has 1 N–H and O–H groups in total. The van der Waals surface area contributed by atoms with E-state index in [1.807, 2.05) is 37.3 Å². The van der Waals surface area contributed by atoms with Gasteiger partial charge >= 0.3 is 0 Å². The molecule has 3 rings (SSSR count). The molecule has 0 aliphatic rings. The molecule has 0 amide bonds. The molecule has 0 saturated heterocycles. The topological polar surface area (TPSA) is 68.4 Å². The second-order valence-electron chi connectivity index (χ2n) is 5.04. The highest BCUT2D eigenvalue weighted by Gasteiger charge is 2.13. The van der Waals surface area contributed by atoms with Gasteiger partial charge in [-0.3, -0.25) is 0 Å². The molecule has 2 aromatic carbocycles. The summed E-state index contributed by atoms with van der Waals surface area (Å²) in [7, 11) is 1.63. The van der Waals surface area contributed by atoms with Crippen molar-refractivity contribution in [1.29, 1.82) is 0 Å². The molecule has 0 atom stereocenters. The molecule has 3 aromatic rings. The molecule has 0 fully saturated rings. The molecule has 0 aliphatic carbocycles. The lowest BCUT2D eigenvalue weighted by molar-refractivity contribution is 0.415. The van der Waals surface area contributed by atoms with Crippen LogP contribution in [0.3, 0.4) is 0 Å². The highest BCUT2D eigenvalue weighted by atomic mass is 16.5. The predicted octanol–water partition coefficient (Wildman–Crippen LogP) is 4.01. The Labute approximate surface area is 133 Å². The van der Waals surface area contributed by atoms with E-state index in [1.54, 1.807) is 31.4 Å². The van der Waals surface area contributed by atoms with Crippen LogP contribution in [0.4, 0.5) is 0 Å². The first-order valence-corrected chi connectivity index (χ1v) is 7.12. The molecule has 0 spiro atoms. The van der Waals surface area contributed by atoms with Crippen LogP contribution < -0.4 is 4.74 Å². The van der Waals surface area contributed by atoms with Crippen LogP contribution in [0.5, 0.6) is 11.5 Å². The highest BCUT2D eigenvalue weighted by molar-refractivity contribution is 5.77. The smallest absolute Gasteiger partial charge is 0.261 e. The van der Waals surface area contributed by atoms with E-state index in [2.05, 4.69) is 10.1 Å². The van der Waals surface area contributed by atoms with Gasteiger partial charge in [0.05, 0.1) is 12.7 Å². The van der Waals surface area contributed by atoms with Crippen molar-refractivity contribution in [3.8, 4) is 23.0 Å². The van der Waals surface area contributed by atoms with Crippen LogP contribution in [-0.4, -0.2) is 22.4 Å². The zero-order chi connectivity index (χ0) is 16.2. The minimum Gasteiger partial charge on any atom is -0.507 e. The summed E-state index contributed by atoms with van der Waals surface area (Å²) in [5.41, 5.74) is 2.39. The third-order valence-electron chi connectivity index (χ3n) is 3.41. The summed E-state index contributed by atoms with van der Waals surface area (Å²) in [6.07, 6.45) is 1.96. The van der Waals surface area contributed by atoms with Crippen molar-refractivity contribution in [2.24, 2.45) is 0 Å². The summed E-state index contributed by atoms with van der Waals surface area (Å²) in [6, 6.07) is 14.5. The van der Waals surface area contributed by atoms with E-state index in [4.69, 9.17) is 9.26 Å². The predicted molar refractivity (Wildman–Crippen MR) is 87.9 cm³/mol. The first-order valence-electron chi connectivity index (χ1n) is 7.12. The van der Waals surface area contributed by atoms with E-state index in [-0.39, 0.29) is 5.75 Å². The summed E-state index contributed by atoms with van der Waals surface area (Å²) >= 11 is 0. The Hall–Kier alpha value is -3.08. The van der Waals surface area contributed by atoms with E-state index in [0.717, 1.165) is 16.9 Å². The lowest BCUT2D eigenvalue weighted by Crippen LogP contribution is -1.85. The summed E-state index contributed by atoms with van der Waals surface area (Å²) in [4.78, 5) is 4.34. The highest BCUT2D eigenvalue weighted by Crippen LogP contribution is 2.28. The number of hydrogen-bond acceptors (Lipinski definition) is 5. The van der Waals surface area contributed by atoms with Gasteiger partial charge < -0.3 is 14.4 Å². The fraction of sp³-hybridized carbons (Fsp3) is 0.111. The Morgan fingerprint density at radius 1 is 1.13 bits per heavy atom. The lowest BCUT2D eigenvalue weighted by Gasteiger charge is -2.00. The Balaban J connectivity index is 1.87. The molecular formula is C18H16N2O3. The number of phenolic OH excluding ortho intramolecular Hbond substituents is 1. The number of rotatable bonds is 4. The molecule has 116 valence electrons. The average Bonchev–Trinajstić information content (AvgIpc) is 3.06. The number of aromatic nitrogens is 2. The molecule has 23 heavy (non-hydrogen) atoms. The molecule has 0 saturated carbocycles. The largest absolute Gasteiger partial charge is 0.507 e. The summed E-state index contributed by atoms with van der Waals surface area (Å²) in [6.45, 7) is 1.91. The van der Waals surface area contributed by atoms with E-state index in [0.29, 0.717) is 17.3 Å². The fourth-order valence-corrected chi connectivity index (χ4v) is 2.16. The van der Waals surface area contributed by atoms with Crippen molar-refractivity contribution in [2.45, 2.75) is 6.92 Å². The van der Waals surface area contributed by atoms with Gasteiger partial charge in [-0.15, -0.1) is 0 Å². The summed E-state index contributed by atoms with van der Waals surface area (Å²) in [5.74, 6) is 1.69. The molecular weight excluding hydrogens is 292 g/mol. The van der Waals surface area contributed by atoms with E-state index < -0.39 is 0 Å². The van der Waals surface area contributed by atoms with Crippen LogP contribution >= 0.6 is 0 Å². The Bertz CT molecular complexity index is 835. The van der Waals surface area contributed by atoms with Gasteiger partial charge in [0.15, 0.2) is 5.82 Å². The Kier molecular flexibility index (Phi) is 4.10. The van der Waals surface area contributed by atoms with Crippen molar-refractivity contribution >= 4 is 11.6 Å². The molecule has 5 nitrogen and oxygen atoms in total. The SMILES string of the molecule is COc1ccc(/C=C(\C)c2noc(-c3ccccc3O)n2)cc1. The average molecular weight is 308 g/mol. The second kappa shape index (κ2) is 6.36. The van der Waals surface area contributed by atoms with Gasteiger partial charge in [0.2, 0.25) is 0 Å². The number of hydrogen-bond donors (Lipinski definition) is 1. The monoisotopic (exact) mass is 308 g/mol. The minimum absolute atomic E-state index is 0.111. The van der Waals surface area contributed by atoms with Crippen molar-refractivity contribution in [3.63, 3.8) is 0 Å². The van der Waals surface area contributed by atoms with Gasteiger partial charge in [0.1, 0.15) is 11.5 Å². The molecule has 5 heteroatoms. The molecule has 1 heterocycles. The number of aromatic hydroxyl groups is 1. The normalized spacial score (nSPS) is 11.5. The van der Waals surface area contributed by atoms with Gasteiger partial charge in [-0.05, 0) is 48.4 Å².